The summed E-state index contributed by atoms with van der Waals surface area (Å²) in [6, 6.07) is 3.95. The van der Waals surface area contributed by atoms with E-state index in [0.717, 1.165) is 6.07 Å². The van der Waals surface area contributed by atoms with Gasteiger partial charge in [0.15, 0.2) is 0 Å². The summed E-state index contributed by atoms with van der Waals surface area (Å²) in [6.45, 7) is 0. The van der Waals surface area contributed by atoms with Crippen LogP contribution in [-0.4, -0.2) is 24.7 Å². The number of rotatable bonds is 4. The van der Waals surface area contributed by atoms with E-state index in [1.54, 1.807) is 0 Å². The predicted octanol–water partition coefficient (Wildman–Crippen LogP) is 0.509. The van der Waals surface area contributed by atoms with Crippen molar-refractivity contribution in [1.82, 2.24) is 0 Å². The second kappa shape index (κ2) is 4.92. The second-order valence-corrected chi connectivity index (χ2v) is 2.40. The third kappa shape index (κ3) is 2.02. The van der Waals surface area contributed by atoms with E-state index in [1.807, 2.05) is 0 Å². The Labute approximate surface area is 79.6 Å². The lowest BCUT2D eigenvalue weighted by atomic mass is 9.78. The van der Waals surface area contributed by atoms with Crippen molar-refractivity contribution in [3.05, 3.63) is 24.0 Å². The molecule has 0 saturated heterocycles. The monoisotopic (exact) mass is 202 g/mol. The molecule has 14 heavy (non-hydrogen) atoms. The van der Waals surface area contributed by atoms with Gasteiger partial charge in [0.25, 0.3) is 0 Å². The fourth-order valence-corrected chi connectivity index (χ4v) is 1.05. The van der Waals surface area contributed by atoms with Crippen LogP contribution in [0.1, 0.15) is 0 Å². The summed E-state index contributed by atoms with van der Waals surface area (Å²) in [6.07, 6.45) is 0. The van der Waals surface area contributed by atoms with Crippen LogP contribution in [0, 0.1) is 5.82 Å². The fourth-order valence-electron chi connectivity index (χ4n) is 1.05. The molecule has 0 heterocycles. The molecule has 1 aromatic rings. The zero-order valence-corrected chi connectivity index (χ0v) is 7.31. The van der Waals surface area contributed by atoms with E-state index in [-0.39, 0.29) is 11.2 Å². The maximum Gasteiger partial charge on any atom is 0.560 e. The van der Waals surface area contributed by atoms with Crippen molar-refractivity contribution in [2.24, 2.45) is 0 Å². The Bertz CT molecular complexity index is 304. The Morgan fingerprint density at radius 1 is 1.29 bits per heavy atom. The van der Waals surface area contributed by atoms with Gasteiger partial charge in [-0.1, -0.05) is 6.07 Å². The molecule has 1 aromatic carbocycles. The smallest absolute Gasteiger partial charge is 0.497 e. The van der Waals surface area contributed by atoms with E-state index in [4.69, 9.17) is 15.3 Å². The molecule has 0 unspecified atom stereocenters. The highest BCUT2D eigenvalue weighted by atomic mass is 19.1. The molecule has 0 fully saturated rings. The number of ether oxygens (including phenoxy) is 1. The van der Waals surface area contributed by atoms with E-state index in [0.29, 0.717) is 0 Å². The normalized spacial score (nSPS) is 10.0. The molecule has 1 rings (SSSR count). The first kappa shape index (κ1) is 10.9. The first-order valence-electron chi connectivity index (χ1n) is 3.67. The van der Waals surface area contributed by atoms with Gasteiger partial charge < -0.3 is 4.74 Å². The van der Waals surface area contributed by atoms with Gasteiger partial charge in [-0.25, -0.2) is 4.39 Å². The van der Waals surface area contributed by atoms with Crippen molar-refractivity contribution >= 4 is 12.6 Å². The number of benzene rings is 1. The fraction of sp³-hybridized carbons (Fsp3) is 0.143. The molecule has 0 amide bonds. The van der Waals surface area contributed by atoms with Gasteiger partial charge >= 0.3 is 7.12 Å². The maximum absolute atomic E-state index is 13.2. The minimum absolute atomic E-state index is 0.0955. The van der Waals surface area contributed by atoms with Gasteiger partial charge in [-0.3, -0.25) is 20.1 Å². The van der Waals surface area contributed by atoms with Crippen LogP contribution in [0.4, 0.5) is 4.39 Å². The van der Waals surface area contributed by atoms with E-state index in [2.05, 4.69) is 9.61 Å². The molecule has 0 aliphatic heterocycles. The second-order valence-electron chi connectivity index (χ2n) is 2.40. The molecule has 7 heteroatoms. The van der Waals surface area contributed by atoms with Gasteiger partial charge in [-0.05, 0) is 12.1 Å². The molecule has 0 atom stereocenters. The molecule has 0 aliphatic carbocycles. The zero-order valence-electron chi connectivity index (χ0n) is 7.31. The zero-order chi connectivity index (χ0) is 10.6. The Morgan fingerprint density at radius 2 is 1.93 bits per heavy atom. The summed E-state index contributed by atoms with van der Waals surface area (Å²) in [5.74, 6) is -0.629. The molecule has 0 aromatic heterocycles. The van der Waals surface area contributed by atoms with Gasteiger partial charge in [-0.15, -0.1) is 0 Å². The average molecular weight is 202 g/mol. The summed E-state index contributed by atoms with van der Waals surface area (Å²) in [5, 5.41) is 16.6. The van der Waals surface area contributed by atoms with Crippen molar-refractivity contribution in [2.75, 3.05) is 7.11 Å². The Morgan fingerprint density at radius 3 is 2.43 bits per heavy atom. The number of halogens is 1. The lowest BCUT2D eigenvalue weighted by Gasteiger charge is -2.10. The van der Waals surface area contributed by atoms with E-state index in [1.165, 1.54) is 19.2 Å². The quantitative estimate of drug-likeness (QED) is 0.422. The van der Waals surface area contributed by atoms with Crippen molar-refractivity contribution in [2.45, 2.75) is 0 Å². The maximum atomic E-state index is 13.2. The molecule has 5 nitrogen and oxygen atoms in total. The SMILES string of the molecule is COc1cccc(F)c1B(OO)OO. The molecular weight excluding hydrogens is 194 g/mol. The van der Waals surface area contributed by atoms with E-state index >= 15 is 0 Å². The average Bonchev–Trinajstić information content (AvgIpc) is 2.22. The molecule has 0 bridgehead atoms. The Hall–Kier alpha value is -1.15. The van der Waals surface area contributed by atoms with Crippen molar-refractivity contribution in [3.8, 4) is 5.75 Å². The van der Waals surface area contributed by atoms with Crippen molar-refractivity contribution < 1.29 is 29.3 Å². The van der Waals surface area contributed by atoms with Crippen molar-refractivity contribution in [1.29, 1.82) is 0 Å². The summed E-state index contributed by atoms with van der Waals surface area (Å²) < 4.78 is 18.0. The molecule has 0 radical (unpaired) electrons. The van der Waals surface area contributed by atoms with Gasteiger partial charge in [0.05, 0.1) is 12.6 Å². The Balaban J connectivity index is 3.14. The van der Waals surface area contributed by atoms with Crippen molar-refractivity contribution in [3.63, 3.8) is 0 Å². The van der Waals surface area contributed by atoms with E-state index in [9.17, 15) is 4.39 Å². The van der Waals surface area contributed by atoms with E-state index < -0.39 is 12.9 Å². The predicted molar refractivity (Wildman–Crippen MR) is 45.8 cm³/mol. The van der Waals surface area contributed by atoms with Crippen LogP contribution in [0.3, 0.4) is 0 Å². The third-order valence-corrected chi connectivity index (χ3v) is 1.66. The summed E-state index contributed by atoms with van der Waals surface area (Å²) in [7, 11) is -0.324. The Kier molecular flexibility index (Phi) is 3.84. The van der Waals surface area contributed by atoms with Crippen LogP contribution in [-0.2, 0) is 9.61 Å². The molecule has 2 N–H and O–H groups in total. The largest absolute Gasteiger partial charge is 0.560 e. The summed E-state index contributed by atoms with van der Waals surface area (Å²) in [4.78, 5) is 7.43. The standard InChI is InChI=1S/C7H8BFO5/c1-12-6-4-2-3-5(9)7(6)8(13-10)14-11/h2-4,10-11H,1H3. The number of methoxy groups -OCH3 is 1. The minimum atomic E-state index is -1.63. The third-order valence-electron chi connectivity index (χ3n) is 1.66. The van der Waals surface area contributed by atoms with Crippen LogP contribution < -0.4 is 10.2 Å². The number of hydrogen-bond acceptors (Lipinski definition) is 5. The highest BCUT2D eigenvalue weighted by Crippen LogP contribution is 2.10. The van der Waals surface area contributed by atoms with Crippen LogP contribution in [0.2, 0.25) is 0 Å². The topological polar surface area (TPSA) is 68.2 Å². The summed E-state index contributed by atoms with van der Waals surface area (Å²) in [5.41, 5.74) is -0.222. The minimum Gasteiger partial charge on any atom is -0.497 e. The molecular formula is C7H8BFO5. The number of hydrogen-bond donors (Lipinski definition) is 2. The van der Waals surface area contributed by atoms with Crippen LogP contribution in [0.5, 0.6) is 5.75 Å². The highest BCUT2D eigenvalue weighted by Gasteiger charge is 2.29. The van der Waals surface area contributed by atoms with Gasteiger partial charge in [0, 0.05) is 0 Å². The summed E-state index contributed by atoms with van der Waals surface area (Å²) >= 11 is 0. The first-order valence-corrected chi connectivity index (χ1v) is 3.67. The van der Waals surface area contributed by atoms with Crippen LogP contribution in [0.15, 0.2) is 18.2 Å². The van der Waals surface area contributed by atoms with Gasteiger partial charge in [0.2, 0.25) is 0 Å². The molecule has 0 aliphatic rings. The lowest BCUT2D eigenvalue weighted by molar-refractivity contribution is -0.221. The highest BCUT2D eigenvalue weighted by molar-refractivity contribution is 6.61. The van der Waals surface area contributed by atoms with Crippen LogP contribution in [0.25, 0.3) is 0 Å². The van der Waals surface area contributed by atoms with Gasteiger partial charge in [0.1, 0.15) is 11.6 Å². The molecule has 0 spiro atoms. The van der Waals surface area contributed by atoms with Gasteiger partial charge in [-0.2, -0.15) is 0 Å². The molecule has 76 valence electrons. The first-order chi connectivity index (χ1) is 6.74. The lowest BCUT2D eigenvalue weighted by Crippen LogP contribution is -2.38. The van der Waals surface area contributed by atoms with Crippen LogP contribution >= 0.6 is 0 Å². The molecule has 0 saturated carbocycles.